The number of rotatable bonds is 8. The van der Waals surface area contributed by atoms with Gasteiger partial charge in [0.1, 0.15) is 23.1 Å². The number of carboxylic acids is 1. The molecule has 0 aliphatic heterocycles. The van der Waals surface area contributed by atoms with E-state index < -0.39 is 24.2 Å². The smallest absolute Gasteiger partial charge is 0.341 e. The Hall–Kier alpha value is -4.20. The van der Waals surface area contributed by atoms with Gasteiger partial charge in [-0.2, -0.15) is 5.10 Å². The third kappa shape index (κ3) is 5.01. The summed E-state index contributed by atoms with van der Waals surface area (Å²) < 4.78 is 40.2. The van der Waals surface area contributed by atoms with E-state index in [9.17, 15) is 13.6 Å². The third-order valence-electron chi connectivity index (χ3n) is 4.98. The van der Waals surface area contributed by atoms with E-state index in [0.717, 1.165) is 11.6 Å². The maximum absolute atomic E-state index is 14.0. The summed E-state index contributed by atoms with van der Waals surface area (Å²) >= 11 is 0. The predicted octanol–water partition coefficient (Wildman–Crippen LogP) is 5.02. The first-order valence-electron chi connectivity index (χ1n) is 10.0. The summed E-state index contributed by atoms with van der Waals surface area (Å²) in [5.41, 5.74) is 2.90. The molecule has 0 radical (unpaired) electrons. The largest absolute Gasteiger partial charge is 0.496 e. The molecule has 0 amide bonds. The molecule has 168 valence electrons. The van der Waals surface area contributed by atoms with Crippen LogP contribution in [-0.4, -0.2) is 34.6 Å². The van der Waals surface area contributed by atoms with E-state index in [1.165, 1.54) is 24.3 Å². The number of nitrogens with zero attached hydrogens (tertiary/aromatic N) is 2. The van der Waals surface area contributed by atoms with Gasteiger partial charge >= 0.3 is 5.97 Å². The second-order valence-corrected chi connectivity index (χ2v) is 7.22. The number of hydrogen-bond acceptors (Lipinski definition) is 4. The van der Waals surface area contributed by atoms with E-state index >= 15 is 0 Å². The SMILES string of the molecule is COc1ccccc1Cn1nc(-c2ccc(F)cc2OCC(=O)O)cc1-c1cccc(F)c1. The molecule has 1 heterocycles. The van der Waals surface area contributed by atoms with Gasteiger partial charge in [0, 0.05) is 22.8 Å². The number of carbonyl (C=O) groups is 1. The standard InChI is InChI=1S/C25H20F2N2O4/c1-32-23-8-3-2-5-17(23)14-29-22(16-6-4-7-18(26)11-16)13-21(28-29)20-10-9-19(27)12-24(20)33-15-25(30)31/h2-13H,14-15H2,1H3,(H,30,31). The molecule has 8 heteroatoms. The van der Waals surface area contributed by atoms with E-state index in [1.807, 2.05) is 24.3 Å². The molecule has 4 rings (SSSR count). The molecular weight excluding hydrogens is 430 g/mol. The molecule has 0 aliphatic carbocycles. The fourth-order valence-electron chi connectivity index (χ4n) is 3.51. The van der Waals surface area contributed by atoms with Crippen molar-refractivity contribution in [1.29, 1.82) is 0 Å². The first-order valence-corrected chi connectivity index (χ1v) is 10.0. The third-order valence-corrected chi connectivity index (χ3v) is 4.98. The second kappa shape index (κ2) is 9.52. The maximum Gasteiger partial charge on any atom is 0.341 e. The summed E-state index contributed by atoms with van der Waals surface area (Å²) in [6.45, 7) is -0.308. The van der Waals surface area contributed by atoms with Crippen molar-refractivity contribution >= 4 is 5.97 Å². The van der Waals surface area contributed by atoms with Crippen LogP contribution in [0.25, 0.3) is 22.5 Å². The molecule has 3 aromatic carbocycles. The van der Waals surface area contributed by atoms with Crippen LogP contribution in [0.2, 0.25) is 0 Å². The minimum absolute atomic E-state index is 0.0464. The number of benzene rings is 3. The molecule has 1 aromatic heterocycles. The van der Waals surface area contributed by atoms with Crippen LogP contribution in [0.15, 0.2) is 72.8 Å². The molecule has 0 atom stereocenters. The van der Waals surface area contributed by atoms with Gasteiger partial charge in [-0.05, 0) is 36.4 Å². The summed E-state index contributed by atoms with van der Waals surface area (Å²) in [5, 5.41) is 13.6. The minimum atomic E-state index is -1.19. The lowest BCUT2D eigenvalue weighted by Gasteiger charge is -2.11. The number of aromatic nitrogens is 2. The number of methoxy groups -OCH3 is 1. The maximum atomic E-state index is 14.0. The highest BCUT2D eigenvalue weighted by Crippen LogP contribution is 2.34. The molecule has 6 nitrogen and oxygen atoms in total. The first-order chi connectivity index (χ1) is 15.9. The van der Waals surface area contributed by atoms with Crippen molar-refractivity contribution in [3.63, 3.8) is 0 Å². The van der Waals surface area contributed by atoms with E-state index in [-0.39, 0.29) is 5.75 Å². The van der Waals surface area contributed by atoms with Gasteiger partial charge in [-0.1, -0.05) is 30.3 Å². The topological polar surface area (TPSA) is 73.6 Å². The van der Waals surface area contributed by atoms with Crippen LogP contribution >= 0.6 is 0 Å². The molecule has 4 aromatic rings. The first kappa shape index (κ1) is 22.0. The Labute approximate surface area is 188 Å². The quantitative estimate of drug-likeness (QED) is 0.408. The number of para-hydroxylation sites is 1. The average molecular weight is 450 g/mol. The molecular formula is C25H20F2N2O4. The van der Waals surface area contributed by atoms with E-state index in [0.29, 0.717) is 34.8 Å². The summed E-state index contributed by atoms with van der Waals surface area (Å²) in [7, 11) is 1.57. The van der Waals surface area contributed by atoms with Crippen LogP contribution in [0.4, 0.5) is 8.78 Å². The van der Waals surface area contributed by atoms with Gasteiger partial charge in [0.25, 0.3) is 0 Å². The zero-order valence-electron chi connectivity index (χ0n) is 17.7. The highest BCUT2D eigenvalue weighted by molar-refractivity contribution is 5.74. The molecule has 0 bridgehead atoms. The monoisotopic (exact) mass is 450 g/mol. The molecule has 0 fully saturated rings. The van der Waals surface area contributed by atoms with Gasteiger partial charge in [-0.15, -0.1) is 0 Å². The lowest BCUT2D eigenvalue weighted by molar-refractivity contribution is -0.139. The molecule has 0 saturated carbocycles. The summed E-state index contributed by atoms with van der Waals surface area (Å²) in [5.74, 6) is -1.44. The lowest BCUT2D eigenvalue weighted by atomic mass is 10.1. The van der Waals surface area contributed by atoms with Crippen molar-refractivity contribution in [2.45, 2.75) is 6.54 Å². The summed E-state index contributed by atoms with van der Waals surface area (Å²) in [6, 6.07) is 19.1. The number of halogens is 2. The van der Waals surface area contributed by atoms with Crippen LogP contribution in [0.3, 0.4) is 0 Å². The van der Waals surface area contributed by atoms with E-state index in [4.69, 9.17) is 14.6 Å². The van der Waals surface area contributed by atoms with Gasteiger partial charge in [0.2, 0.25) is 0 Å². The van der Waals surface area contributed by atoms with Gasteiger partial charge in [-0.3, -0.25) is 4.68 Å². The molecule has 1 N–H and O–H groups in total. The van der Waals surface area contributed by atoms with Crippen molar-refractivity contribution in [2.24, 2.45) is 0 Å². The van der Waals surface area contributed by atoms with Crippen LogP contribution in [0.5, 0.6) is 11.5 Å². The number of aliphatic carboxylic acids is 1. The Bertz CT molecular complexity index is 1300. The van der Waals surface area contributed by atoms with Gasteiger partial charge in [0.15, 0.2) is 6.61 Å². The van der Waals surface area contributed by atoms with E-state index in [1.54, 1.807) is 30.0 Å². The second-order valence-electron chi connectivity index (χ2n) is 7.22. The van der Waals surface area contributed by atoms with Gasteiger partial charge < -0.3 is 14.6 Å². The Morgan fingerprint density at radius 2 is 1.76 bits per heavy atom. The Morgan fingerprint density at radius 3 is 2.52 bits per heavy atom. The summed E-state index contributed by atoms with van der Waals surface area (Å²) in [6.07, 6.45) is 0. The van der Waals surface area contributed by atoms with Crippen LogP contribution in [0, 0.1) is 11.6 Å². The van der Waals surface area contributed by atoms with Crippen LogP contribution in [-0.2, 0) is 11.3 Å². The molecule has 0 unspecified atom stereocenters. The Morgan fingerprint density at radius 1 is 0.970 bits per heavy atom. The van der Waals surface area contributed by atoms with Crippen molar-refractivity contribution in [1.82, 2.24) is 9.78 Å². The molecule has 0 saturated heterocycles. The van der Waals surface area contributed by atoms with Crippen molar-refractivity contribution < 1.29 is 28.2 Å². The number of carboxylic acid groups (broad SMARTS) is 1. The fourth-order valence-corrected chi connectivity index (χ4v) is 3.51. The minimum Gasteiger partial charge on any atom is -0.496 e. The predicted molar refractivity (Wildman–Crippen MR) is 118 cm³/mol. The zero-order chi connectivity index (χ0) is 23.4. The Kier molecular flexibility index (Phi) is 6.35. The van der Waals surface area contributed by atoms with Crippen molar-refractivity contribution in [3.8, 4) is 34.0 Å². The molecule has 0 aliphatic rings. The van der Waals surface area contributed by atoms with E-state index in [2.05, 4.69) is 5.10 Å². The highest BCUT2D eigenvalue weighted by Gasteiger charge is 2.18. The average Bonchev–Trinajstić information content (AvgIpc) is 3.21. The number of ether oxygens (including phenoxy) is 2. The normalized spacial score (nSPS) is 10.8. The van der Waals surface area contributed by atoms with Crippen molar-refractivity contribution in [2.75, 3.05) is 13.7 Å². The number of hydrogen-bond donors (Lipinski definition) is 1. The fraction of sp³-hybridized carbons (Fsp3) is 0.120. The molecule has 0 spiro atoms. The van der Waals surface area contributed by atoms with Crippen LogP contribution < -0.4 is 9.47 Å². The Balaban J connectivity index is 1.83. The lowest BCUT2D eigenvalue weighted by Crippen LogP contribution is -2.10. The van der Waals surface area contributed by atoms with Gasteiger partial charge in [0.05, 0.1) is 25.0 Å². The zero-order valence-corrected chi connectivity index (χ0v) is 17.7. The summed E-state index contributed by atoms with van der Waals surface area (Å²) in [4.78, 5) is 11.0. The van der Waals surface area contributed by atoms with Crippen LogP contribution in [0.1, 0.15) is 5.56 Å². The highest BCUT2D eigenvalue weighted by atomic mass is 19.1. The van der Waals surface area contributed by atoms with Crippen molar-refractivity contribution in [3.05, 3.63) is 90.0 Å². The van der Waals surface area contributed by atoms with Gasteiger partial charge in [-0.25, -0.2) is 13.6 Å². The molecule has 33 heavy (non-hydrogen) atoms.